The maximum atomic E-state index is 12.2. The smallest absolute Gasteiger partial charge is 0.252 e. The third-order valence-corrected chi connectivity index (χ3v) is 4.18. The second kappa shape index (κ2) is 11.5. The second-order valence-corrected chi connectivity index (χ2v) is 6.44. The zero-order chi connectivity index (χ0) is 21.1. The Kier molecular flexibility index (Phi) is 8.69. The number of carbonyl (C=O) groups is 2. The molecule has 0 saturated carbocycles. The van der Waals surface area contributed by atoms with Gasteiger partial charge in [0.2, 0.25) is 5.91 Å². The van der Waals surface area contributed by atoms with Gasteiger partial charge in [0.1, 0.15) is 17.4 Å². The fourth-order valence-corrected chi connectivity index (χ4v) is 2.30. The summed E-state index contributed by atoms with van der Waals surface area (Å²) in [7, 11) is 1.57. The Morgan fingerprint density at radius 2 is 1.69 bits per heavy atom. The molecule has 0 heterocycles. The average Bonchev–Trinajstić information content (AvgIpc) is 2.75. The average molecular weight is 397 g/mol. The Morgan fingerprint density at radius 1 is 1.03 bits per heavy atom. The van der Waals surface area contributed by atoms with Crippen LogP contribution >= 0.6 is 0 Å². The van der Waals surface area contributed by atoms with Gasteiger partial charge in [-0.25, -0.2) is 5.43 Å². The molecule has 154 valence electrons. The zero-order valence-electron chi connectivity index (χ0n) is 17.0. The van der Waals surface area contributed by atoms with Crippen molar-refractivity contribution in [3.8, 4) is 11.5 Å². The Balaban J connectivity index is 1.81. The molecule has 0 bridgehead atoms. The summed E-state index contributed by atoms with van der Waals surface area (Å²) in [6.45, 7) is 4.32. The first kappa shape index (κ1) is 21.9. The SMILES string of the molecule is CCCCOc1ccc(C=NNC(=O)C(C)C(=O)Nc2ccc(OC)cc2)cc1. The van der Waals surface area contributed by atoms with Crippen LogP contribution in [-0.4, -0.2) is 31.7 Å². The minimum Gasteiger partial charge on any atom is -0.497 e. The number of anilines is 1. The van der Waals surface area contributed by atoms with Crippen LogP contribution in [0.25, 0.3) is 0 Å². The van der Waals surface area contributed by atoms with E-state index in [2.05, 4.69) is 22.8 Å². The van der Waals surface area contributed by atoms with E-state index in [1.807, 2.05) is 24.3 Å². The number of amides is 2. The van der Waals surface area contributed by atoms with Gasteiger partial charge < -0.3 is 14.8 Å². The molecular formula is C22H27N3O4. The Hall–Kier alpha value is -3.35. The van der Waals surface area contributed by atoms with E-state index >= 15 is 0 Å². The van der Waals surface area contributed by atoms with E-state index in [4.69, 9.17) is 9.47 Å². The highest BCUT2D eigenvalue weighted by atomic mass is 16.5. The number of nitrogens with zero attached hydrogens (tertiary/aromatic N) is 1. The van der Waals surface area contributed by atoms with Crippen molar-refractivity contribution in [2.45, 2.75) is 26.7 Å². The van der Waals surface area contributed by atoms with Crippen LogP contribution in [0.5, 0.6) is 11.5 Å². The first-order valence-corrected chi connectivity index (χ1v) is 9.54. The molecule has 7 heteroatoms. The molecule has 0 aliphatic heterocycles. The van der Waals surface area contributed by atoms with Crippen LogP contribution in [0.2, 0.25) is 0 Å². The van der Waals surface area contributed by atoms with Gasteiger partial charge in [0, 0.05) is 5.69 Å². The highest BCUT2D eigenvalue weighted by Crippen LogP contribution is 2.16. The van der Waals surface area contributed by atoms with Crippen molar-refractivity contribution in [1.82, 2.24) is 5.43 Å². The van der Waals surface area contributed by atoms with E-state index in [0.717, 1.165) is 24.2 Å². The number of ether oxygens (including phenoxy) is 2. The van der Waals surface area contributed by atoms with Gasteiger partial charge in [-0.2, -0.15) is 5.10 Å². The quantitative estimate of drug-likeness (QED) is 0.277. The number of hydrogen-bond acceptors (Lipinski definition) is 5. The van der Waals surface area contributed by atoms with Gasteiger partial charge in [0.15, 0.2) is 0 Å². The first-order chi connectivity index (χ1) is 14.0. The molecule has 0 spiro atoms. The van der Waals surface area contributed by atoms with Crippen LogP contribution < -0.4 is 20.2 Å². The van der Waals surface area contributed by atoms with E-state index in [-0.39, 0.29) is 0 Å². The molecule has 2 rings (SSSR count). The lowest BCUT2D eigenvalue weighted by molar-refractivity contribution is -0.131. The summed E-state index contributed by atoms with van der Waals surface area (Å²) in [4.78, 5) is 24.4. The fourth-order valence-electron chi connectivity index (χ4n) is 2.30. The van der Waals surface area contributed by atoms with Gasteiger partial charge >= 0.3 is 0 Å². The number of hydrogen-bond donors (Lipinski definition) is 2. The Labute approximate surface area is 171 Å². The lowest BCUT2D eigenvalue weighted by atomic mass is 10.1. The minimum absolute atomic E-state index is 0.420. The molecule has 2 amide bonds. The lowest BCUT2D eigenvalue weighted by Gasteiger charge is -2.11. The topological polar surface area (TPSA) is 89.0 Å². The molecule has 0 aliphatic carbocycles. The van der Waals surface area contributed by atoms with Gasteiger partial charge in [-0.15, -0.1) is 0 Å². The van der Waals surface area contributed by atoms with E-state index in [1.165, 1.54) is 13.1 Å². The lowest BCUT2D eigenvalue weighted by Crippen LogP contribution is -2.34. The van der Waals surface area contributed by atoms with Crippen LogP contribution in [0.1, 0.15) is 32.3 Å². The summed E-state index contributed by atoms with van der Waals surface area (Å²) in [5.74, 6) is -0.334. The predicted octanol–water partition coefficient (Wildman–Crippen LogP) is 3.60. The Bertz CT molecular complexity index is 817. The minimum atomic E-state index is -0.899. The number of unbranched alkanes of at least 4 members (excludes halogenated alkanes) is 1. The summed E-state index contributed by atoms with van der Waals surface area (Å²) >= 11 is 0. The van der Waals surface area contributed by atoms with Crippen molar-refractivity contribution in [2.75, 3.05) is 19.0 Å². The molecule has 0 fully saturated rings. The molecule has 1 unspecified atom stereocenters. The molecule has 0 saturated heterocycles. The largest absolute Gasteiger partial charge is 0.497 e. The molecule has 2 aromatic rings. The number of hydrazone groups is 1. The van der Waals surface area contributed by atoms with Crippen LogP contribution in [0.4, 0.5) is 5.69 Å². The molecule has 0 radical (unpaired) electrons. The summed E-state index contributed by atoms with van der Waals surface area (Å²) < 4.78 is 10.7. The van der Waals surface area contributed by atoms with Gasteiger partial charge in [-0.3, -0.25) is 9.59 Å². The van der Waals surface area contributed by atoms with Crippen molar-refractivity contribution in [3.05, 3.63) is 54.1 Å². The van der Waals surface area contributed by atoms with Gasteiger partial charge in [0.05, 0.1) is 19.9 Å². The van der Waals surface area contributed by atoms with E-state index in [1.54, 1.807) is 31.4 Å². The van der Waals surface area contributed by atoms with E-state index in [0.29, 0.717) is 18.0 Å². The number of rotatable bonds is 10. The van der Waals surface area contributed by atoms with Crippen molar-refractivity contribution >= 4 is 23.7 Å². The number of benzene rings is 2. The van der Waals surface area contributed by atoms with Crippen molar-refractivity contribution in [3.63, 3.8) is 0 Å². The van der Waals surface area contributed by atoms with Crippen molar-refractivity contribution in [2.24, 2.45) is 11.0 Å². The molecule has 29 heavy (non-hydrogen) atoms. The molecule has 0 aromatic heterocycles. The fraction of sp³-hybridized carbons (Fsp3) is 0.318. The Morgan fingerprint density at radius 3 is 2.31 bits per heavy atom. The predicted molar refractivity (Wildman–Crippen MR) is 113 cm³/mol. The normalized spacial score (nSPS) is 11.7. The number of nitrogens with one attached hydrogen (secondary N) is 2. The van der Waals surface area contributed by atoms with Gasteiger partial charge in [-0.05, 0) is 67.4 Å². The first-order valence-electron chi connectivity index (χ1n) is 9.54. The monoisotopic (exact) mass is 397 g/mol. The van der Waals surface area contributed by atoms with Crippen molar-refractivity contribution < 1.29 is 19.1 Å². The zero-order valence-corrected chi connectivity index (χ0v) is 17.0. The number of methoxy groups -OCH3 is 1. The molecular weight excluding hydrogens is 370 g/mol. The molecule has 7 nitrogen and oxygen atoms in total. The van der Waals surface area contributed by atoms with Gasteiger partial charge in [0.25, 0.3) is 5.91 Å². The molecule has 0 aliphatic rings. The standard InChI is InChI=1S/C22H27N3O4/c1-4-5-14-29-20-10-6-17(7-11-20)15-23-25-22(27)16(2)21(26)24-18-8-12-19(28-3)13-9-18/h6-13,15-16H,4-5,14H2,1-3H3,(H,24,26)(H,25,27). The summed E-state index contributed by atoms with van der Waals surface area (Å²) in [6.07, 6.45) is 3.61. The highest BCUT2D eigenvalue weighted by molar-refractivity contribution is 6.06. The maximum Gasteiger partial charge on any atom is 0.252 e. The van der Waals surface area contributed by atoms with Gasteiger partial charge in [-0.1, -0.05) is 13.3 Å². The third kappa shape index (κ3) is 7.29. The summed E-state index contributed by atoms with van der Waals surface area (Å²) in [5, 5.41) is 6.61. The van der Waals surface area contributed by atoms with E-state index < -0.39 is 17.7 Å². The van der Waals surface area contributed by atoms with Crippen LogP contribution in [0.15, 0.2) is 53.6 Å². The summed E-state index contributed by atoms with van der Waals surface area (Å²) in [6, 6.07) is 14.3. The molecule has 1 atom stereocenters. The van der Waals surface area contributed by atoms with Crippen LogP contribution in [0.3, 0.4) is 0 Å². The maximum absolute atomic E-state index is 12.2. The number of carbonyl (C=O) groups excluding carboxylic acids is 2. The van der Waals surface area contributed by atoms with Crippen LogP contribution in [0, 0.1) is 5.92 Å². The summed E-state index contributed by atoms with van der Waals surface area (Å²) in [5.41, 5.74) is 3.78. The van der Waals surface area contributed by atoms with E-state index in [9.17, 15) is 9.59 Å². The van der Waals surface area contributed by atoms with Crippen molar-refractivity contribution in [1.29, 1.82) is 0 Å². The molecule has 2 aromatic carbocycles. The highest BCUT2D eigenvalue weighted by Gasteiger charge is 2.21. The third-order valence-electron chi connectivity index (χ3n) is 4.18. The molecule has 2 N–H and O–H groups in total. The van der Waals surface area contributed by atoms with Crippen LogP contribution in [-0.2, 0) is 9.59 Å². The second-order valence-electron chi connectivity index (χ2n) is 6.44.